The van der Waals surface area contributed by atoms with Crippen molar-refractivity contribution in [3.63, 3.8) is 0 Å². The maximum absolute atomic E-state index is 14.4. The molecule has 6 unspecified atom stereocenters. The standard InChI is InChI=1S/C45H79N5O7/c1-26-35-22-32(45(35,3)4)23-36(26)46-43(54)40-39(27(2)52)38(25-51)57-50(40)24-29-16-13-17-34(41(29)56-9)30-19-31(21-33(20-30)48(5)6)42(53)47-37(44(55)49(7)8)18-28-14-11-10-12-15-28/h26-41,51-52H,10-25H2,1-9H3,(H,46,54)(H,47,53)/t26-,27-,29?,30?,31?,32+,33?,34?,35-,36-,37-,38-,39-,40-,41?/m0/s1. The van der Waals surface area contributed by atoms with E-state index in [-0.39, 0.29) is 66.2 Å². The summed E-state index contributed by atoms with van der Waals surface area (Å²) >= 11 is 0. The Bertz CT molecular complexity index is 1370. The number of hydroxylamine groups is 2. The number of hydrogen-bond donors (Lipinski definition) is 4. The number of nitrogens with zero attached hydrogens (tertiary/aromatic N) is 3. The van der Waals surface area contributed by atoms with Crippen LogP contribution in [0, 0.1) is 58.7 Å². The van der Waals surface area contributed by atoms with Crippen LogP contribution >= 0.6 is 0 Å². The first-order chi connectivity index (χ1) is 27.0. The van der Waals surface area contributed by atoms with Gasteiger partial charge in [-0.3, -0.25) is 19.2 Å². The van der Waals surface area contributed by atoms with E-state index in [1.807, 2.05) is 0 Å². The Kier molecular flexibility index (Phi) is 14.8. The van der Waals surface area contributed by atoms with Crippen LogP contribution in [0.1, 0.15) is 118 Å². The number of carbonyl (C=O) groups is 3. The van der Waals surface area contributed by atoms with Crippen molar-refractivity contribution in [2.45, 2.75) is 160 Å². The first-order valence-electron chi connectivity index (χ1n) is 22.8. The van der Waals surface area contributed by atoms with E-state index in [1.54, 1.807) is 38.1 Å². The maximum Gasteiger partial charge on any atom is 0.244 e. The fourth-order valence-corrected chi connectivity index (χ4v) is 13.0. The van der Waals surface area contributed by atoms with Crippen molar-refractivity contribution in [2.24, 2.45) is 58.7 Å². The minimum atomic E-state index is -0.847. The van der Waals surface area contributed by atoms with E-state index in [2.05, 4.69) is 50.4 Å². The van der Waals surface area contributed by atoms with E-state index < -0.39 is 30.2 Å². The zero-order valence-corrected chi connectivity index (χ0v) is 36.8. The van der Waals surface area contributed by atoms with Gasteiger partial charge in [0.05, 0.1) is 18.8 Å². The van der Waals surface area contributed by atoms with Gasteiger partial charge in [0.1, 0.15) is 18.2 Å². The number of rotatable bonds is 14. The van der Waals surface area contributed by atoms with Gasteiger partial charge in [0.2, 0.25) is 17.7 Å². The lowest BCUT2D eigenvalue weighted by Gasteiger charge is -2.62. The smallest absolute Gasteiger partial charge is 0.244 e. The highest BCUT2D eigenvalue weighted by Gasteiger charge is 2.58. The lowest BCUT2D eigenvalue weighted by atomic mass is 9.45. The fraction of sp³-hybridized carbons (Fsp3) is 0.933. The van der Waals surface area contributed by atoms with Crippen molar-refractivity contribution in [2.75, 3.05) is 48.5 Å². The molecule has 6 aliphatic carbocycles. The molecule has 1 saturated heterocycles. The molecular weight excluding hydrogens is 723 g/mol. The van der Waals surface area contributed by atoms with Crippen molar-refractivity contribution < 1.29 is 34.2 Å². The number of ether oxygens (including phenoxy) is 1. The second-order valence-electron chi connectivity index (χ2n) is 20.6. The van der Waals surface area contributed by atoms with E-state index >= 15 is 0 Å². The van der Waals surface area contributed by atoms with Gasteiger partial charge in [0.15, 0.2) is 0 Å². The third kappa shape index (κ3) is 9.56. The third-order valence-corrected chi connectivity index (χ3v) is 16.5. The number of fused-ring (bicyclic) bond motifs is 2. The fourth-order valence-electron chi connectivity index (χ4n) is 13.0. The Morgan fingerprint density at radius 3 is 2.26 bits per heavy atom. The van der Waals surface area contributed by atoms with Crippen LogP contribution in [0.2, 0.25) is 0 Å². The number of aliphatic hydroxyl groups excluding tert-OH is 2. The number of amides is 3. The minimum Gasteiger partial charge on any atom is -0.394 e. The van der Waals surface area contributed by atoms with Gasteiger partial charge in [-0.15, -0.1) is 0 Å². The molecule has 57 heavy (non-hydrogen) atoms. The van der Waals surface area contributed by atoms with E-state index in [0.717, 1.165) is 57.8 Å². The highest BCUT2D eigenvalue weighted by Crippen LogP contribution is 2.61. The van der Waals surface area contributed by atoms with Crippen LogP contribution in [-0.4, -0.2) is 134 Å². The van der Waals surface area contributed by atoms with Gasteiger partial charge in [-0.25, -0.2) is 0 Å². The highest BCUT2D eigenvalue weighted by molar-refractivity contribution is 5.88. The van der Waals surface area contributed by atoms with Gasteiger partial charge in [-0.1, -0.05) is 59.3 Å². The normalized spacial score (nSPS) is 39.5. The molecule has 1 heterocycles. The molecule has 7 aliphatic rings. The number of likely N-dealkylation sites (N-methyl/N-ethyl adjacent to an activating group) is 1. The zero-order valence-electron chi connectivity index (χ0n) is 36.8. The minimum absolute atomic E-state index is 0.00410. The van der Waals surface area contributed by atoms with Crippen molar-refractivity contribution in [3.8, 4) is 0 Å². The molecule has 3 amide bonds. The first kappa shape index (κ1) is 44.7. The van der Waals surface area contributed by atoms with E-state index in [1.165, 1.54) is 25.7 Å². The van der Waals surface area contributed by atoms with Crippen LogP contribution in [0.4, 0.5) is 0 Å². The van der Waals surface area contributed by atoms with Crippen LogP contribution in [-0.2, 0) is 24.0 Å². The van der Waals surface area contributed by atoms with Gasteiger partial charge in [0, 0.05) is 57.6 Å². The Morgan fingerprint density at radius 1 is 0.947 bits per heavy atom. The predicted molar refractivity (Wildman–Crippen MR) is 220 cm³/mol. The van der Waals surface area contributed by atoms with Gasteiger partial charge in [-0.2, -0.15) is 5.06 Å². The van der Waals surface area contributed by atoms with Crippen molar-refractivity contribution in [3.05, 3.63) is 0 Å². The molecule has 7 rings (SSSR count). The number of nitrogens with one attached hydrogen (secondary N) is 2. The Labute approximate surface area is 343 Å². The van der Waals surface area contributed by atoms with E-state index in [0.29, 0.717) is 42.1 Å². The molecule has 15 atom stereocenters. The van der Waals surface area contributed by atoms with Gasteiger partial charge >= 0.3 is 0 Å². The van der Waals surface area contributed by atoms with Crippen molar-refractivity contribution in [1.82, 2.24) is 25.5 Å². The maximum atomic E-state index is 14.4. The quantitative estimate of drug-likeness (QED) is 0.200. The second-order valence-corrected chi connectivity index (χ2v) is 20.6. The Balaban J connectivity index is 1.16. The Morgan fingerprint density at radius 2 is 1.67 bits per heavy atom. The summed E-state index contributed by atoms with van der Waals surface area (Å²) < 4.78 is 6.43. The summed E-state index contributed by atoms with van der Waals surface area (Å²) in [5.74, 6) is 1.59. The molecule has 7 fully saturated rings. The van der Waals surface area contributed by atoms with Gasteiger partial charge in [-0.05, 0) is 113 Å². The summed E-state index contributed by atoms with van der Waals surface area (Å²) in [4.78, 5) is 52.3. The number of carbonyl (C=O) groups excluding carboxylic acids is 3. The summed E-state index contributed by atoms with van der Waals surface area (Å²) in [6, 6.07) is -0.929. The SMILES string of the molecule is COC1C(CN2O[C@@H](CO)[C@H]([C@H](C)O)[C@H]2C(=O)N[C@H]2C[C@H]3C[C@@H]([C@@H]2C)C3(C)C)CCCC1C1CC(C(=O)N[C@@H](CC2CCCCC2)C(=O)N(C)C)CC(N(C)C)C1. The summed E-state index contributed by atoms with van der Waals surface area (Å²) in [5, 5.41) is 29.9. The Hall–Kier alpha value is -1.83. The largest absolute Gasteiger partial charge is 0.394 e. The van der Waals surface area contributed by atoms with Crippen LogP contribution in [0.25, 0.3) is 0 Å². The van der Waals surface area contributed by atoms with Crippen molar-refractivity contribution >= 4 is 17.7 Å². The van der Waals surface area contributed by atoms with Crippen LogP contribution < -0.4 is 10.6 Å². The predicted octanol–water partition coefficient (Wildman–Crippen LogP) is 4.47. The van der Waals surface area contributed by atoms with Crippen LogP contribution in [0.5, 0.6) is 0 Å². The summed E-state index contributed by atoms with van der Waals surface area (Å²) in [7, 11) is 9.55. The molecule has 12 nitrogen and oxygen atoms in total. The first-order valence-corrected chi connectivity index (χ1v) is 22.8. The van der Waals surface area contributed by atoms with Gasteiger partial charge in [0.25, 0.3) is 0 Å². The van der Waals surface area contributed by atoms with Gasteiger partial charge < -0.3 is 35.4 Å². The molecule has 12 heteroatoms. The topological polar surface area (TPSA) is 144 Å². The molecule has 0 aromatic heterocycles. The molecule has 0 spiro atoms. The number of aliphatic hydroxyl groups is 2. The molecule has 0 radical (unpaired) electrons. The molecule has 2 bridgehead atoms. The third-order valence-electron chi connectivity index (χ3n) is 16.5. The zero-order chi connectivity index (χ0) is 41.3. The average Bonchev–Trinajstić information content (AvgIpc) is 3.56. The number of methoxy groups -OCH3 is 1. The molecular formula is C45H79N5O7. The molecule has 0 aromatic carbocycles. The highest BCUT2D eigenvalue weighted by atomic mass is 16.7. The molecule has 0 aromatic rings. The number of hydrogen-bond acceptors (Lipinski definition) is 9. The summed E-state index contributed by atoms with van der Waals surface area (Å²) in [6.45, 7) is 8.85. The summed E-state index contributed by atoms with van der Waals surface area (Å²) in [5.41, 5.74) is 0.302. The second kappa shape index (κ2) is 18.8. The summed E-state index contributed by atoms with van der Waals surface area (Å²) in [6.07, 6.45) is 12.5. The molecule has 326 valence electrons. The molecule has 4 N–H and O–H groups in total. The van der Waals surface area contributed by atoms with E-state index in [4.69, 9.17) is 9.57 Å². The monoisotopic (exact) mass is 802 g/mol. The average molecular weight is 802 g/mol. The molecule has 1 aliphatic heterocycles. The van der Waals surface area contributed by atoms with Crippen LogP contribution in [0.15, 0.2) is 0 Å². The van der Waals surface area contributed by atoms with Crippen LogP contribution in [0.3, 0.4) is 0 Å². The van der Waals surface area contributed by atoms with E-state index in [9.17, 15) is 24.6 Å². The molecule has 6 saturated carbocycles. The lowest BCUT2D eigenvalue weighted by molar-refractivity contribution is -0.193. The lowest BCUT2D eigenvalue weighted by Crippen LogP contribution is -2.62. The van der Waals surface area contributed by atoms with Crippen molar-refractivity contribution in [1.29, 1.82) is 0 Å².